The summed E-state index contributed by atoms with van der Waals surface area (Å²) in [6, 6.07) is 0. The molecular formula is C10H22O3. The van der Waals surface area contributed by atoms with Crippen LogP contribution in [0.15, 0.2) is 0 Å². The van der Waals surface area contributed by atoms with E-state index in [4.69, 9.17) is 14.5 Å². The molecule has 1 atom stereocenters. The van der Waals surface area contributed by atoms with Crippen molar-refractivity contribution in [2.24, 2.45) is 0 Å². The van der Waals surface area contributed by atoms with E-state index in [1.54, 1.807) is 0 Å². The first-order chi connectivity index (χ1) is 6.04. The molecule has 0 aliphatic carbocycles. The minimum absolute atomic E-state index is 0.0658. The van der Waals surface area contributed by atoms with Crippen LogP contribution in [0.5, 0.6) is 0 Å². The number of hydrogen-bond donors (Lipinski definition) is 0. The molecule has 0 radical (unpaired) electrons. The van der Waals surface area contributed by atoms with E-state index in [1.807, 2.05) is 27.7 Å². The Balaban J connectivity index is 3.81. The predicted molar refractivity (Wildman–Crippen MR) is 52.2 cm³/mol. The Kier molecular flexibility index (Phi) is 6.29. The van der Waals surface area contributed by atoms with Gasteiger partial charge in [-0.05, 0) is 27.2 Å². The topological polar surface area (TPSA) is 27.7 Å². The van der Waals surface area contributed by atoms with E-state index in [-0.39, 0.29) is 6.10 Å². The highest BCUT2D eigenvalue weighted by Gasteiger charge is 2.25. The van der Waals surface area contributed by atoms with Gasteiger partial charge in [0.1, 0.15) is 0 Å². The van der Waals surface area contributed by atoms with Gasteiger partial charge in [-0.1, -0.05) is 13.8 Å². The Morgan fingerprint density at radius 1 is 1.23 bits per heavy atom. The van der Waals surface area contributed by atoms with Gasteiger partial charge < -0.3 is 4.74 Å². The molecule has 80 valence electrons. The second-order valence-electron chi connectivity index (χ2n) is 3.56. The molecule has 0 aromatic carbocycles. The molecule has 0 fully saturated rings. The molecule has 3 heteroatoms. The van der Waals surface area contributed by atoms with Gasteiger partial charge in [-0.25, -0.2) is 9.78 Å². The molecule has 0 aromatic heterocycles. The molecule has 0 aliphatic heterocycles. The Morgan fingerprint density at radius 2 is 1.85 bits per heavy atom. The third-order valence-electron chi connectivity index (χ3n) is 1.67. The van der Waals surface area contributed by atoms with Crippen LogP contribution in [-0.4, -0.2) is 18.5 Å². The summed E-state index contributed by atoms with van der Waals surface area (Å²) in [4.78, 5) is 10.3. The summed E-state index contributed by atoms with van der Waals surface area (Å²) >= 11 is 0. The number of rotatable bonds is 7. The molecule has 0 amide bonds. The van der Waals surface area contributed by atoms with Gasteiger partial charge in [0, 0.05) is 13.0 Å². The van der Waals surface area contributed by atoms with E-state index in [0.29, 0.717) is 6.61 Å². The first-order valence-electron chi connectivity index (χ1n) is 5.02. The summed E-state index contributed by atoms with van der Waals surface area (Å²) in [5, 5.41) is 0. The van der Waals surface area contributed by atoms with Gasteiger partial charge in [-0.2, -0.15) is 0 Å². The van der Waals surface area contributed by atoms with Crippen LogP contribution in [0.25, 0.3) is 0 Å². The summed E-state index contributed by atoms with van der Waals surface area (Å²) in [5.74, 6) is -0.597. The van der Waals surface area contributed by atoms with Crippen LogP contribution in [0, 0.1) is 0 Å². The summed E-state index contributed by atoms with van der Waals surface area (Å²) in [6.45, 7) is 10.5. The first kappa shape index (κ1) is 12.9. The lowest BCUT2D eigenvalue weighted by atomic mass is 10.2. The number of ether oxygens (including phenoxy) is 1. The summed E-state index contributed by atoms with van der Waals surface area (Å²) < 4.78 is 5.53. The minimum atomic E-state index is -0.597. The highest BCUT2D eigenvalue weighted by molar-refractivity contribution is 4.57. The molecular weight excluding hydrogens is 168 g/mol. The maximum Gasteiger partial charge on any atom is 0.198 e. The predicted octanol–water partition coefficient (Wildman–Crippen LogP) is 2.90. The third-order valence-corrected chi connectivity index (χ3v) is 1.67. The summed E-state index contributed by atoms with van der Waals surface area (Å²) in [5.41, 5.74) is 0. The van der Waals surface area contributed by atoms with Crippen molar-refractivity contribution in [3.05, 3.63) is 0 Å². The normalized spacial score (nSPS) is 16.2. The molecule has 0 heterocycles. The smallest absolute Gasteiger partial charge is 0.198 e. The van der Waals surface area contributed by atoms with Crippen molar-refractivity contribution in [2.45, 2.75) is 59.4 Å². The maximum absolute atomic E-state index is 5.53. The molecule has 3 nitrogen and oxygen atoms in total. The highest BCUT2D eigenvalue weighted by Crippen LogP contribution is 2.18. The van der Waals surface area contributed by atoms with Gasteiger partial charge in [0.15, 0.2) is 5.79 Å². The van der Waals surface area contributed by atoms with Gasteiger partial charge >= 0.3 is 0 Å². The fourth-order valence-corrected chi connectivity index (χ4v) is 0.701. The zero-order valence-corrected chi connectivity index (χ0v) is 9.42. The quantitative estimate of drug-likeness (QED) is 0.351. The van der Waals surface area contributed by atoms with Crippen molar-refractivity contribution in [3.63, 3.8) is 0 Å². The van der Waals surface area contributed by atoms with Crippen molar-refractivity contribution >= 4 is 0 Å². The lowest BCUT2D eigenvalue weighted by Gasteiger charge is -2.27. The van der Waals surface area contributed by atoms with Crippen molar-refractivity contribution in [1.82, 2.24) is 0 Å². The SMILES string of the molecule is CCCOC(C)(CC)OOC(C)C. The van der Waals surface area contributed by atoms with Gasteiger partial charge in [-0.3, -0.25) is 0 Å². The van der Waals surface area contributed by atoms with Crippen LogP contribution in [0.2, 0.25) is 0 Å². The monoisotopic (exact) mass is 190 g/mol. The second-order valence-corrected chi connectivity index (χ2v) is 3.56. The third kappa shape index (κ3) is 6.02. The second kappa shape index (κ2) is 6.35. The zero-order chi connectivity index (χ0) is 10.3. The lowest BCUT2D eigenvalue weighted by molar-refractivity contribution is -0.437. The van der Waals surface area contributed by atoms with Crippen LogP contribution in [-0.2, 0) is 14.5 Å². The Labute approximate surface area is 81.3 Å². The van der Waals surface area contributed by atoms with Crippen molar-refractivity contribution in [1.29, 1.82) is 0 Å². The molecule has 0 rings (SSSR count). The van der Waals surface area contributed by atoms with E-state index in [9.17, 15) is 0 Å². The van der Waals surface area contributed by atoms with Crippen LogP contribution >= 0.6 is 0 Å². The van der Waals surface area contributed by atoms with E-state index >= 15 is 0 Å². The standard InChI is InChI=1S/C10H22O3/c1-6-8-11-10(5,7-2)13-12-9(3)4/h9H,6-8H2,1-5H3. The molecule has 13 heavy (non-hydrogen) atoms. The molecule has 0 spiro atoms. The summed E-state index contributed by atoms with van der Waals surface area (Å²) in [6.07, 6.45) is 1.83. The van der Waals surface area contributed by atoms with Crippen LogP contribution in [0.3, 0.4) is 0 Å². The van der Waals surface area contributed by atoms with Gasteiger partial charge in [0.2, 0.25) is 0 Å². The average Bonchev–Trinajstić information content (AvgIpc) is 2.11. The van der Waals surface area contributed by atoms with E-state index < -0.39 is 5.79 Å². The van der Waals surface area contributed by atoms with Crippen LogP contribution in [0.1, 0.15) is 47.5 Å². The van der Waals surface area contributed by atoms with Crippen molar-refractivity contribution < 1.29 is 14.5 Å². The summed E-state index contributed by atoms with van der Waals surface area (Å²) in [7, 11) is 0. The minimum Gasteiger partial charge on any atom is -0.348 e. The zero-order valence-electron chi connectivity index (χ0n) is 9.42. The molecule has 0 saturated carbocycles. The Morgan fingerprint density at radius 3 is 2.23 bits per heavy atom. The fourth-order valence-electron chi connectivity index (χ4n) is 0.701. The molecule has 1 unspecified atom stereocenters. The van der Waals surface area contributed by atoms with Gasteiger partial charge in [0.05, 0.1) is 6.10 Å². The molecule has 0 aliphatic rings. The average molecular weight is 190 g/mol. The van der Waals surface area contributed by atoms with Crippen LogP contribution < -0.4 is 0 Å². The van der Waals surface area contributed by atoms with Crippen molar-refractivity contribution in [2.75, 3.05) is 6.61 Å². The molecule has 0 aromatic rings. The highest BCUT2D eigenvalue weighted by atomic mass is 17.2. The van der Waals surface area contributed by atoms with E-state index in [1.165, 1.54) is 0 Å². The van der Waals surface area contributed by atoms with E-state index in [0.717, 1.165) is 12.8 Å². The Bertz CT molecular complexity index is 125. The maximum atomic E-state index is 5.53. The largest absolute Gasteiger partial charge is 0.348 e. The van der Waals surface area contributed by atoms with Gasteiger partial charge in [-0.15, -0.1) is 0 Å². The van der Waals surface area contributed by atoms with Gasteiger partial charge in [0.25, 0.3) is 0 Å². The Hall–Kier alpha value is -0.120. The number of hydrogen-bond acceptors (Lipinski definition) is 3. The molecule has 0 bridgehead atoms. The van der Waals surface area contributed by atoms with E-state index in [2.05, 4.69) is 6.92 Å². The fraction of sp³-hybridized carbons (Fsp3) is 1.00. The molecule has 0 saturated heterocycles. The molecule has 0 N–H and O–H groups in total. The van der Waals surface area contributed by atoms with Crippen molar-refractivity contribution in [3.8, 4) is 0 Å². The first-order valence-corrected chi connectivity index (χ1v) is 5.02. The van der Waals surface area contributed by atoms with Crippen LogP contribution in [0.4, 0.5) is 0 Å². The lowest BCUT2D eigenvalue weighted by Crippen LogP contribution is -2.33.